The standard InChI is InChI=1S/C12H18N2O.ClH/c1-9(2)7-12(15)14-11-5-3-10(8-13)4-6-11;/h3-6,9H,7-8,13H2,1-2H3,(H,14,15);1H. The molecule has 0 bridgehead atoms. The Kier molecular flexibility index (Phi) is 6.77. The molecular formula is C12H19ClN2O. The van der Waals surface area contributed by atoms with Gasteiger partial charge in [0.2, 0.25) is 5.91 Å². The Hall–Kier alpha value is -1.06. The summed E-state index contributed by atoms with van der Waals surface area (Å²) in [5, 5.41) is 2.84. The van der Waals surface area contributed by atoms with Crippen molar-refractivity contribution in [2.24, 2.45) is 11.7 Å². The van der Waals surface area contributed by atoms with E-state index in [0.717, 1.165) is 11.3 Å². The smallest absolute Gasteiger partial charge is 0.224 e. The molecule has 1 amide bonds. The first-order valence-electron chi connectivity index (χ1n) is 5.20. The summed E-state index contributed by atoms with van der Waals surface area (Å²) >= 11 is 0. The summed E-state index contributed by atoms with van der Waals surface area (Å²) in [6.07, 6.45) is 0.554. The molecule has 0 heterocycles. The lowest BCUT2D eigenvalue weighted by Gasteiger charge is -2.07. The van der Waals surface area contributed by atoms with E-state index in [1.54, 1.807) is 0 Å². The molecule has 3 N–H and O–H groups in total. The van der Waals surface area contributed by atoms with Crippen LogP contribution in [-0.2, 0) is 11.3 Å². The zero-order valence-corrected chi connectivity index (χ0v) is 10.5. The van der Waals surface area contributed by atoms with E-state index in [1.807, 2.05) is 38.1 Å². The van der Waals surface area contributed by atoms with Crippen molar-refractivity contribution in [3.8, 4) is 0 Å². The van der Waals surface area contributed by atoms with Gasteiger partial charge in [-0.05, 0) is 23.6 Å². The van der Waals surface area contributed by atoms with E-state index in [4.69, 9.17) is 5.73 Å². The van der Waals surface area contributed by atoms with Gasteiger partial charge in [-0.1, -0.05) is 26.0 Å². The summed E-state index contributed by atoms with van der Waals surface area (Å²) in [5.41, 5.74) is 7.38. The molecule has 0 saturated heterocycles. The number of halogens is 1. The molecule has 0 aromatic heterocycles. The minimum Gasteiger partial charge on any atom is -0.326 e. The number of nitrogens with two attached hydrogens (primary N) is 1. The van der Waals surface area contributed by atoms with Gasteiger partial charge in [0.05, 0.1) is 0 Å². The lowest BCUT2D eigenvalue weighted by Crippen LogP contribution is -2.13. The van der Waals surface area contributed by atoms with Crippen LogP contribution < -0.4 is 11.1 Å². The number of amides is 1. The second-order valence-corrected chi connectivity index (χ2v) is 4.05. The Morgan fingerprint density at radius 1 is 1.31 bits per heavy atom. The molecule has 16 heavy (non-hydrogen) atoms. The summed E-state index contributed by atoms with van der Waals surface area (Å²) in [4.78, 5) is 11.4. The van der Waals surface area contributed by atoms with Crippen molar-refractivity contribution in [1.82, 2.24) is 0 Å². The van der Waals surface area contributed by atoms with Gasteiger partial charge in [-0.2, -0.15) is 0 Å². The van der Waals surface area contributed by atoms with Crippen LogP contribution in [0.15, 0.2) is 24.3 Å². The molecule has 0 aliphatic rings. The van der Waals surface area contributed by atoms with Crippen molar-refractivity contribution in [1.29, 1.82) is 0 Å². The quantitative estimate of drug-likeness (QED) is 0.853. The largest absolute Gasteiger partial charge is 0.326 e. The third-order valence-corrected chi connectivity index (χ3v) is 2.07. The number of benzene rings is 1. The van der Waals surface area contributed by atoms with Gasteiger partial charge in [-0.15, -0.1) is 12.4 Å². The highest BCUT2D eigenvalue weighted by molar-refractivity contribution is 5.90. The molecule has 0 aliphatic carbocycles. The monoisotopic (exact) mass is 242 g/mol. The number of nitrogens with one attached hydrogen (secondary N) is 1. The van der Waals surface area contributed by atoms with Crippen molar-refractivity contribution in [2.45, 2.75) is 26.8 Å². The molecule has 0 aliphatic heterocycles. The predicted octanol–water partition coefficient (Wildman–Crippen LogP) is 2.55. The fourth-order valence-corrected chi connectivity index (χ4v) is 1.31. The highest BCUT2D eigenvalue weighted by Crippen LogP contribution is 2.10. The van der Waals surface area contributed by atoms with Crippen LogP contribution in [-0.4, -0.2) is 5.91 Å². The first-order valence-corrected chi connectivity index (χ1v) is 5.20. The van der Waals surface area contributed by atoms with Crippen molar-refractivity contribution >= 4 is 24.0 Å². The third kappa shape index (κ3) is 5.14. The zero-order chi connectivity index (χ0) is 11.3. The molecule has 1 aromatic carbocycles. The summed E-state index contributed by atoms with van der Waals surface area (Å²) in [7, 11) is 0. The van der Waals surface area contributed by atoms with Crippen LogP contribution in [0, 0.1) is 5.92 Å². The summed E-state index contributed by atoms with van der Waals surface area (Å²) in [5.74, 6) is 0.443. The zero-order valence-electron chi connectivity index (χ0n) is 9.69. The van der Waals surface area contributed by atoms with Crippen LogP contribution in [0.1, 0.15) is 25.8 Å². The van der Waals surface area contributed by atoms with Gasteiger partial charge in [0.1, 0.15) is 0 Å². The molecule has 0 unspecified atom stereocenters. The average molecular weight is 243 g/mol. The van der Waals surface area contributed by atoms with E-state index in [0.29, 0.717) is 18.9 Å². The molecule has 1 aromatic rings. The Bertz CT molecular complexity index is 322. The molecule has 0 radical (unpaired) electrons. The van der Waals surface area contributed by atoms with Crippen molar-refractivity contribution in [3.05, 3.63) is 29.8 Å². The van der Waals surface area contributed by atoms with Crippen LogP contribution in [0.4, 0.5) is 5.69 Å². The maximum atomic E-state index is 11.4. The molecule has 0 atom stereocenters. The number of carbonyl (C=O) groups excluding carboxylic acids is 1. The molecule has 0 fully saturated rings. The van der Waals surface area contributed by atoms with Crippen LogP contribution in [0.25, 0.3) is 0 Å². The number of rotatable bonds is 4. The Labute approximate surface area is 103 Å². The molecular weight excluding hydrogens is 224 g/mol. The van der Waals surface area contributed by atoms with Crippen LogP contribution in [0.2, 0.25) is 0 Å². The molecule has 1 rings (SSSR count). The predicted molar refractivity (Wildman–Crippen MR) is 69.7 cm³/mol. The minimum atomic E-state index is 0. The van der Waals surface area contributed by atoms with E-state index in [1.165, 1.54) is 0 Å². The van der Waals surface area contributed by atoms with Gasteiger partial charge < -0.3 is 11.1 Å². The highest BCUT2D eigenvalue weighted by Gasteiger charge is 2.04. The molecule has 3 nitrogen and oxygen atoms in total. The summed E-state index contributed by atoms with van der Waals surface area (Å²) < 4.78 is 0. The van der Waals surface area contributed by atoms with Gasteiger partial charge in [0, 0.05) is 18.7 Å². The highest BCUT2D eigenvalue weighted by atomic mass is 35.5. The van der Waals surface area contributed by atoms with Crippen molar-refractivity contribution in [3.63, 3.8) is 0 Å². The minimum absolute atomic E-state index is 0. The van der Waals surface area contributed by atoms with Crippen LogP contribution >= 0.6 is 12.4 Å². The lowest BCUT2D eigenvalue weighted by molar-refractivity contribution is -0.116. The topological polar surface area (TPSA) is 55.1 Å². The molecule has 0 saturated carbocycles. The third-order valence-electron chi connectivity index (χ3n) is 2.07. The van der Waals surface area contributed by atoms with Crippen LogP contribution in [0.3, 0.4) is 0 Å². The maximum Gasteiger partial charge on any atom is 0.224 e. The van der Waals surface area contributed by atoms with Crippen molar-refractivity contribution < 1.29 is 4.79 Å². The Morgan fingerprint density at radius 2 is 1.88 bits per heavy atom. The Morgan fingerprint density at radius 3 is 2.31 bits per heavy atom. The normalized spacial score (nSPS) is 9.75. The van der Waals surface area contributed by atoms with Gasteiger partial charge in [0.25, 0.3) is 0 Å². The fraction of sp³-hybridized carbons (Fsp3) is 0.417. The van der Waals surface area contributed by atoms with E-state index in [9.17, 15) is 4.79 Å². The maximum absolute atomic E-state index is 11.4. The van der Waals surface area contributed by atoms with E-state index in [-0.39, 0.29) is 18.3 Å². The summed E-state index contributed by atoms with van der Waals surface area (Å²) in [6, 6.07) is 7.59. The second kappa shape index (κ2) is 7.25. The fourth-order valence-electron chi connectivity index (χ4n) is 1.31. The van der Waals surface area contributed by atoms with Gasteiger partial charge in [-0.25, -0.2) is 0 Å². The molecule has 90 valence electrons. The summed E-state index contributed by atoms with van der Waals surface area (Å²) in [6.45, 7) is 4.58. The number of hydrogen-bond acceptors (Lipinski definition) is 2. The van der Waals surface area contributed by atoms with E-state index in [2.05, 4.69) is 5.32 Å². The van der Waals surface area contributed by atoms with Crippen LogP contribution in [0.5, 0.6) is 0 Å². The number of hydrogen-bond donors (Lipinski definition) is 2. The van der Waals surface area contributed by atoms with Crippen molar-refractivity contribution in [2.75, 3.05) is 5.32 Å². The first kappa shape index (κ1) is 14.9. The Balaban J connectivity index is 0.00000225. The lowest BCUT2D eigenvalue weighted by atomic mass is 10.1. The van der Waals surface area contributed by atoms with Gasteiger partial charge >= 0.3 is 0 Å². The first-order chi connectivity index (χ1) is 7.11. The number of anilines is 1. The molecule has 4 heteroatoms. The molecule has 0 spiro atoms. The van der Waals surface area contributed by atoms with E-state index >= 15 is 0 Å². The van der Waals surface area contributed by atoms with Gasteiger partial charge in [0.15, 0.2) is 0 Å². The van der Waals surface area contributed by atoms with E-state index < -0.39 is 0 Å². The number of carbonyl (C=O) groups is 1. The van der Waals surface area contributed by atoms with Gasteiger partial charge in [-0.3, -0.25) is 4.79 Å². The SMILES string of the molecule is CC(C)CC(=O)Nc1ccc(CN)cc1.Cl. The average Bonchev–Trinajstić information content (AvgIpc) is 2.17. The second-order valence-electron chi connectivity index (χ2n) is 4.05.